The first kappa shape index (κ1) is 12.5. The molecule has 0 aliphatic carbocycles. The highest BCUT2D eigenvalue weighted by molar-refractivity contribution is 5.68. The minimum Gasteiger partial charge on any atom is -0.397 e. The van der Waals surface area contributed by atoms with E-state index >= 15 is 0 Å². The lowest BCUT2D eigenvalue weighted by Crippen LogP contribution is -2.02. The first-order valence-corrected chi connectivity index (χ1v) is 6.27. The van der Waals surface area contributed by atoms with Gasteiger partial charge in [-0.05, 0) is 55.0 Å². The second kappa shape index (κ2) is 5.13. The molecule has 0 aliphatic heterocycles. The van der Waals surface area contributed by atoms with E-state index in [2.05, 4.69) is 37.3 Å². The maximum absolute atomic E-state index is 5.96. The molecule has 0 bridgehead atoms. The average molecular weight is 240 g/mol. The monoisotopic (exact) mass is 240 g/mol. The van der Waals surface area contributed by atoms with Crippen LogP contribution in [0.3, 0.4) is 0 Å². The summed E-state index contributed by atoms with van der Waals surface area (Å²) >= 11 is 0. The topological polar surface area (TPSA) is 52.0 Å². The zero-order valence-electron chi connectivity index (χ0n) is 11.0. The molecule has 2 heteroatoms. The smallest absolute Gasteiger partial charge is 0.0580 e. The highest BCUT2D eigenvalue weighted by atomic mass is 14.7. The summed E-state index contributed by atoms with van der Waals surface area (Å²) in [6.07, 6.45) is 2.04. The molecule has 0 radical (unpaired) electrons. The third-order valence-corrected chi connectivity index (χ3v) is 3.59. The second-order valence-electron chi connectivity index (χ2n) is 4.78. The van der Waals surface area contributed by atoms with E-state index < -0.39 is 0 Å². The summed E-state index contributed by atoms with van der Waals surface area (Å²) in [6.45, 7) is 4.19. The van der Waals surface area contributed by atoms with Crippen LogP contribution < -0.4 is 11.5 Å². The molecule has 18 heavy (non-hydrogen) atoms. The van der Waals surface area contributed by atoms with Crippen LogP contribution in [0.4, 0.5) is 11.4 Å². The maximum atomic E-state index is 5.96. The van der Waals surface area contributed by atoms with Gasteiger partial charge in [-0.2, -0.15) is 0 Å². The first-order chi connectivity index (χ1) is 8.59. The van der Waals surface area contributed by atoms with E-state index in [1.54, 1.807) is 0 Å². The zero-order valence-corrected chi connectivity index (χ0v) is 11.0. The summed E-state index contributed by atoms with van der Waals surface area (Å²) < 4.78 is 0. The van der Waals surface area contributed by atoms with Gasteiger partial charge >= 0.3 is 0 Å². The summed E-state index contributed by atoms with van der Waals surface area (Å²) in [5.41, 5.74) is 18.3. The minimum absolute atomic E-state index is 0.673. The fraction of sp³-hybridized carbons (Fsp3) is 0.250. The molecule has 2 rings (SSSR count). The minimum atomic E-state index is 0.673. The lowest BCUT2D eigenvalue weighted by atomic mass is 9.97. The van der Waals surface area contributed by atoms with Crippen molar-refractivity contribution in [1.29, 1.82) is 0 Å². The molecule has 0 spiro atoms. The molecule has 0 fully saturated rings. The van der Waals surface area contributed by atoms with E-state index in [9.17, 15) is 0 Å². The molecule has 4 N–H and O–H groups in total. The van der Waals surface area contributed by atoms with Crippen molar-refractivity contribution in [2.45, 2.75) is 26.7 Å². The quantitative estimate of drug-likeness (QED) is 0.809. The van der Waals surface area contributed by atoms with Crippen LogP contribution in [0, 0.1) is 13.8 Å². The number of nitrogen functional groups attached to an aromatic ring is 2. The van der Waals surface area contributed by atoms with Crippen molar-refractivity contribution in [3.8, 4) is 0 Å². The molecule has 0 aromatic heterocycles. The summed E-state index contributed by atoms with van der Waals surface area (Å²) in [6, 6.07) is 12.5. The van der Waals surface area contributed by atoms with Gasteiger partial charge in [-0.3, -0.25) is 0 Å². The van der Waals surface area contributed by atoms with Crippen LogP contribution in [0.5, 0.6) is 0 Å². The normalized spacial score (nSPS) is 10.6. The van der Waals surface area contributed by atoms with Crippen LogP contribution in [-0.2, 0) is 12.8 Å². The van der Waals surface area contributed by atoms with Crippen molar-refractivity contribution in [1.82, 2.24) is 0 Å². The van der Waals surface area contributed by atoms with Gasteiger partial charge in [-0.15, -0.1) is 0 Å². The van der Waals surface area contributed by atoms with Crippen LogP contribution in [-0.4, -0.2) is 0 Å². The van der Waals surface area contributed by atoms with E-state index in [1.165, 1.54) is 16.7 Å². The van der Waals surface area contributed by atoms with Gasteiger partial charge < -0.3 is 11.5 Å². The number of benzene rings is 2. The van der Waals surface area contributed by atoms with Crippen LogP contribution in [0.1, 0.15) is 22.3 Å². The molecule has 0 heterocycles. The van der Waals surface area contributed by atoms with Crippen molar-refractivity contribution >= 4 is 11.4 Å². The Morgan fingerprint density at radius 3 is 2.22 bits per heavy atom. The van der Waals surface area contributed by atoms with Crippen molar-refractivity contribution in [3.05, 3.63) is 58.7 Å². The van der Waals surface area contributed by atoms with Crippen molar-refractivity contribution < 1.29 is 0 Å². The van der Waals surface area contributed by atoms with Crippen LogP contribution in [0.15, 0.2) is 36.4 Å². The van der Waals surface area contributed by atoms with Crippen LogP contribution >= 0.6 is 0 Å². The Balaban J connectivity index is 2.17. The SMILES string of the molecule is Cc1ccccc1CCc1ccc(N)c(N)c1C. The van der Waals surface area contributed by atoms with Crippen molar-refractivity contribution in [2.24, 2.45) is 0 Å². The lowest BCUT2D eigenvalue weighted by molar-refractivity contribution is 0.940. The Morgan fingerprint density at radius 2 is 1.50 bits per heavy atom. The summed E-state index contributed by atoms with van der Waals surface area (Å²) in [5, 5.41) is 0. The van der Waals surface area contributed by atoms with Crippen LogP contribution in [0.2, 0.25) is 0 Å². The van der Waals surface area contributed by atoms with Gasteiger partial charge in [0, 0.05) is 0 Å². The molecule has 0 aliphatic rings. The number of aryl methyl sites for hydroxylation is 3. The Labute approximate surface area is 109 Å². The Morgan fingerprint density at radius 1 is 0.833 bits per heavy atom. The highest BCUT2D eigenvalue weighted by Crippen LogP contribution is 2.24. The van der Waals surface area contributed by atoms with Gasteiger partial charge in [0.05, 0.1) is 11.4 Å². The van der Waals surface area contributed by atoms with Gasteiger partial charge in [0.1, 0.15) is 0 Å². The molecule has 0 unspecified atom stereocenters. The van der Waals surface area contributed by atoms with Gasteiger partial charge in [0.15, 0.2) is 0 Å². The lowest BCUT2D eigenvalue weighted by Gasteiger charge is -2.11. The van der Waals surface area contributed by atoms with Crippen molar-refractivity contribution in [3.63, 3.8) is 0 Å². The third kappa shape index (κ3) is 2.48. The van der Waals surface area contributed by atoms with E-state index in [1.807, 2.05) is 13.0 Å². The number of anilines is 2. The predicted molar refractivity (Wildman–Crippen MR) is 78.6 cm³/mol. The Hall–Kier alpha value is -1.96. The van der Waals surface area contributed by atoms with Gasteiger partial charge in [0.25, 0.3) is 0 Å². The number of nitrogens with two attached hydrogens (primary N) is 2. The number of hydrogen-bond donors (Lipinski definition) is 2. The van der Waals surface area contributed by atoms with E-state index in [0.29, 0.717) is 5.69 Å². The van der Waals surface area contributed by atoms with Gasteiger partial charge in [0.2, 0.25) is 0 Å². The summed E-state index contributed by atoms with van der Waals surface area (Å²) in [5.74, 6) is 0. The highest BCUT2D eigenvalue weighted by Gasteiger charge is 2.06. The van der Waals surface area contributed by atoms with E-state index in [-0.39, 0.29) is 0 Å². The van der Waals surface area contributed by atoms with Gasteiger partial charge in [-0.1, -0.05) is 30.3 Å². The Kier molecular flexibility index (Phi) is 3.56. The molecule has 0 atom stereocenters. The number of rotatable bonds is 3. The Bertz CT molecular complexity index is 559. The molecule has 2 aromatic carbocycles. The third-order valence-electron chi connectivity index (χ3n) is 3.59. The molecular formula is C16H20N2. The molecule has 0 amide bonds. The second-order valence-corrected chi connectivity index (χ2v) is 4.78. The summed E-state index contributed by atoms with van der Waals surface area (Å²) in [7, 11) is 0. The van der Waals surface area contributed by atoms with Crippen LogP contribution in [0.25, 0.3) is 0 Å². The average Bonchev–Trinajstić information content (AvgIpc) is 2.37. The fourth-order valence-corrected chi connectivity index (χ4v) is 2.23. The largest absolute Gasteiger partial charge is 0.397 e. The fourth-order valence-electron chi connectivity index (χ4n) is 2.23. The molecular weight excluding hydrogens is 220 g/mol. The predicted octanol–water partition coefficient (Wildman–Crippen LogP) is 3.25. The maximum Gasteiger partial charge on any atom is 0.0580 e. The molecule has 94 valence electrons. The standard InChI is InChI=1S/C16H20N2/c1-11-5-3-4-6-13(11)7-8-14-9-10-15(17)16(18)12(14)2/h3-6,9-10H,7-8,17-18H2,1-2H3. The van der Waals surface area contributed by atoms with Gasteiger partial charge in [-0.25, -0.2) is 0 Å². The van der Waals surface area contributed by atoms with E-state index in [0.717, 1.165) is 24.1 Å². The molecule has 2 aromatic rings. The first-order valence-electron chi connectivity index (χ1n) is 6.27. The molecule has 2 nitrogen and oxygen atoms in total. The molecule has 0 saturated carbocycles. The van der Waals surface area contributed by atoms with Crippen molar-refractivity contribution in [2.75, 3.05) is 11.5 Å². The summed E-state index contributed by atoms with van der Waals surface area (Å²) in [4.78, 5) is 0. The molecule has 0 saturated heterocycles. The zero-order chi connectivity index (χ0) is 13.1. The van der Waals surface area contributed by atoms with E-state index in [4.69, 9.17) is 11.5 Å². The number of hydrogen-bond acceptors (Lipinski definition) is 2.